The van der Waals surface area contributed by atoms with Gasteiger partial charge in [-0.1, -0.05) is 12.1 Å². The van der Waals surface area contributed by atoms with Gasteiger partial charge in [-0.25, -0.2) is 4.79 Å². The number of anilines is 3. The van der Waals surface area contributed by atoms with Gasteiger partial charge in [0, 0.05) is 22.8 Å². The number of methoxy groups -OCH3 is 1. The van der Waals surface area contributed by atoms with E-state index in [0.29, 0.717) is 6.07 Å². The van der Waals surface area contributed by atoms with Gasteiger partial charge in [0.25, 0.3) is 20.2 Å². The Hall–Kier alpha value is -7.12. The molecule has 5 aromatic carbocycles. The highest BCUT2D eigenvalue weighted by atomic mass is 32.2. The number of hydrogen-bond donors (Lipinski definition) is 6. The molecule has 0 heterocycles. The van der Waals surface area contributed by atoms with Crippen LogP contribution in [0.3, 0.4) is 0 Å². The van der Waals surface area contributed by atoms with Crippen molar-refractivity contribution in [2.75, 3.05) is 23.9 Å². The summed E-state index contributed by atoms with van der Waals surface area (Å²) in [6.45, 7) is 1.11. The summed E-state index contributed by atoms with van der Waals surface area (Å²) in [7, 11) is -8.71. The van der Waals surface area contributed by atoms with Crippen LogP contribution in [0.1, 0.15) is 17.3 Å². The first kappa shape index (κ1) is 46.9. The molecule has 0 saturated carbocycles. The van der Waals surface area contributed by atoms with Crippen molar-refractivity contribution in [3.05, 3.63) is 84.4 Å². The van der Waals surface area contributed by atoms with E-state index < -0.39 is 114 Å². The zero-order chi connectivity index (χ0) is 46.4. The van der Waals surface area contributed by atoms with E-state index >= 15 is 0 Å². The lowest BCUT2D eigenvalue weighted by atomic mass is 10.1. The minimum atomic E-state index is -5.04. The lowest BCUT2D eigenvalue weighted by molar-refractivity contribution is -0.114. The maximum absolute atomic E-state index is 12.9. The van der Waals surface area contributed by atoms with E-state index in [1.54, 1.807) is 0 Å². The standard InChI is InChI=1S/C34H29N11O14S4/c1-16(46)37-22-14-24(25(59-2)15-23(22)41-39-21-12-11-19(61(51)52)13-27(21)63(56,57)58)42-44-32-28(34(47)48)31(43-38-17-7-9-18(10-8-17)60(49)50)29(35)33(30(32)36)45-40-20-5-3-4-6-26(20)62(53,54)55/h3-15H,35-36H2,1-2H3,(H,37,46)(H,47,48)(H,49,50)(H,51,52)(H,53,54,55)(H,56,57,58)/p-2. The highest BCUT2D eigenvalue weighted by molar-refractivity contribution is 7.86. The average Bonchev–Trinajstić information content (AvgIpc) is 3.21. The number of carbonyl (C=O) groups is 2. The zero-order valence-electron chi connectivity index (χ0n) is 31.7. The Morgan fingerprint density at radius 2 is 1.16 bits per heavy atom. The second-order valence-electron chi connectivity index (χ2n) is 12.1. The summed E-state index contributed by atoms with van der Waals surface area (Å²) in [5.41, 5.74) is 7.31. The Labute approximate surface area is 359 Å². The number of amides is 1. The molecule has 29 heteroatoms. The van der Waals surface area contributed by atoms with Crippen molar-refractivity contribution < 1.29 is 62.9 Å². The van der Waals surface area contributed by atoms with Gasteiger partial charge in [0.1, 0.15) is 60.9 Å². The van der Waals surface area contributed by atoms with E-state index in [1.165, 1.54) is 36.4 Å². The van der Waals surface area contributed by atoms with Gasteiger partial charge in [-0.3, -0.25) is 22.3 Å². The molecule has 8 N–H and O–H groups in total. The van der Waals surface area contributed by atoms with Crippen LogP contribution in [0.4, 0.5) is 62.6 Å². The van der Waals surface area contributed by atoms with Crippen molar-refractivity contribution in [2.24, 2.45) is 40.9 Å². The summed E-state index contributed by atoms with van der Waals surface area (Å²) >= 11 is -5.47. The Bertz CT molecular complexity index is 3070. The number of carboxylic acids is 1. The van der Waals surface area contributed by atoms with Crippen LogP contribution in [-0.4, -0.2) is 67.6 Å². The fraction of sp³-hybridized carbons (Fsp3) is 0.0588. The molecule has 63 heavy (non-hydrogen) atoms. The predicted molar refractivity (Wildman–Crippen MR) is 220 cm³/mol. The van der Waals surface area contributed by atoms with Gasteiger partial charge in [0.05, 0.1) is 29.9 Å². The van der Waals surface area contributed by atoms with Crippen LogP contribution in [0, 0.1) is 0 Å². The minimum Gasteiger partial charge on any atom is -0.768 e. The molecule has 0 bridgehead atoms. The number of nitrogens with one attached hydrogen (secondary N) is 1. The van der Waals surface area contributed by atoms with Gasteiger partial charge in [-0.05, 0) is 82.8 Å². The van der Waals surface area contributed by atoms with E-state index in [0.717, 1.165) is 50.4 Å². The summed E-state index contributed by atoms with van der Waals surface area (Å²) in [5, 5.41) is 44.5. The Morgan fingerprint density at radius 3 is 1.71 bits per heavy atom. The van der Waals surface area contributed by atoms with Crippen molar-refractivity contribution in [3.63, 3.8) is 0 Å². The van der Waals surface area contributed by atoms with Crippen molar-refractivity contribution in [1.82, 2.24) is 0 Å². The first-order valence-electron chi connectivity index (χ1n) is 16.7. The number of hydrogen-bond acceptors (Lipinski definition) is 21. The number of nitrogens with two attached hydrogens (primary N) is 2. The molecule has 0 aliphatic rings. The molecule has 1 amide bonds. The van der Waals surface area contributed by atoms with Crippen LogP contribution in [0.2, 0.25) is 0 Å². The molecular formula is C34H27N11O14S4-2. The number of nitrogens with zero attached hydrogens (tertiary/aromatic N) is 8. The molecule has 5 aromatic rings. The van der Waals surface area contributed by atoms with Crippen molar-refractivity contribution in [3.8, 4) is 5.75 Å². The molecule has 25 nitrogen and oxygen atoms in total. The van der Waals surface area contributed by atoms with Crippen LogP contribution in [0.5, 0.6) is 5.75 Å². The molecule has 2 unspecified atom stereocenters. The number of benzene rings is 5. The SMILES string of the molecule is COc1cc(N=Nc2ccc(S(=O)[O-])cc2S(=O)(=O)O)c(NC(C)=O)cc1N=Nc1c(N)c(N=Nc2ccccc2S(=O)(=O)O)c(N)c(N=Nc2ccc(S(=O)[O-])cc2)c1C(=O)O. The molecule has 2 atom stereocenters. The van der Waals surface area contributed by atoms with Gasteiger partial charge >= 0.3 is 5.97 Å². The maximum Gasteiger partial charge on any atom is 0.340 e. The minimum absolute atomic E-state index is 0.0165. The number of carboxylic acid groups (broad SMARTS) is 1. The summed E-state index contributed by atoms with van der Waals surface area (Å²) in [6.07, 6.45) is 0. The number of ether oxygens (including phenoxy) is 1. The quantitative estimate of drug-likeness (QED) is 0.0262. The van der Waals surface area contributed by atoms with Crippen LogP contribution < -0.4 is 21.5 Å². The summed E-state index contributed by atoms with van der Waals surface area (Å²) < 4.78 is 118. The second kappa shape index (κ2) is 19.3. The van der Waals surface area contributed by atoms with Crippen LogP contribution in [-0.2, 0) is 47.2 Å². The number of aromatic carboxylic acids is 1. The highest BCUT2D eigenvalue weighted by Gasteiger charge is 2.27. The van der Waals surface area contributed by atoms with Crippen LogP contribution in [0.25, 0.3) is 0 Å². The molecule has 0 aromatic heterocycles. The second-order valence-corrected chi connectivity index (χ2v) is 16.7. The number of nitrogen functional groups attached to an aromatic ring is 2. The van der Waals surface area contributed by atoms with E-state index in [4.69, 9.17) is 16.2 Å². The summed E-state index contributed by atoms with van der Waals surface area (Å²) in [5.74, 6) is -2.61. The monoisotopic (exact) mass is 941 g/mol. The van der Waals surface area contributed by atoms with Gasteiger partial charge in [0.15, 0.2) is 0 Å². The summed E-state index contributed by atoms with van der Waals surface area (Å²) in [6, 6.07) is 14.4. The van der Waals surface area contributed by atoms with E-state index in [-0.39, 0.29) is 33.4 Å². The predicted octanol–water partition coefficient (Wildman–Crippen LogP) is 7.15. The van der Waals surface area contributed by atoms with E-state index in [9.17, 15) is 58.2 Å². The van der Waals surface area contributed by atoms with Gasteiger partial charge < -0.3 is 35.7 Å². The number of azo groups is 4. The zero-order valence-corrected chi connectivity index (χ0v) is 35.0. The first-order valence-corrected chi connectivity index (χ1v) is 21.7. The van der Waals surface area contributed by atoms with Crippen LogP contribution >= 0.6 is 0 Å². The molecule has 0 spiro atoms. The Balaban J connectivity index is 1.72. The normalized spacial score (nSPS) is 13.2. The van der Waals surface area contributed by atoms with Crippen LogP contribution in [0.15, 0.2) is 139 Å². The van der Waals surface area contributed by atoms with E-state index in [1.807, 2.05) is 0 Å². The first-order chi connectivity index (χ1) is 29.6. The van der Waals surface area contributed by atoms with Crippen molar-refractivity contribution in [1.29, 1.82) is 0 Å². The molecule has 328 valence electrons. The van der Waals surface area contributed by atoms with Crippen molar-refractivity contribution >= 4 is 117 Å². The lowest BCUT2D eigenvalue weighted by Gasteiger charge is -2.14. The molecule has 0 aliphatic carbocycles. The molecule has 0 saturated heterocycles. The topological polar surface area (TPSA) is 416 Å². The average molecular weight is 942 g/mol. The molecule has 0 aliphatic heterocycles. The molecule has 5 rings (SSSR count). The lowest BCUT2D eigenvalue weighted by Crippen LogP contribution is -2.06. The Kier molecular flexibility index (Phi) is 14.4. The molecular weight excluding hydrogens is 915 g/mol. The van der Waals surface area contributed by atoms with E-state index in [2.05, 4.69) is 46.2 Å². The third-order valence-electron chi connectivity index (χ3n) is 7.94. The van der Waals surface area contributed by atoms with Gasteiger partial charge in [0.2, 0.25) is 5.91 Å². The summed E-state index contributed by atoms with van der Waals surface area (Å²) in [4.78, 5) is 22.9. The smallest absolute Gasteiger partial charge is 0.340 e. The molecule has 0 radical (unpaired) electrons. The maximum atomic E-state index is 12.9. The third-order valence-corrected chi connectivity index (χ3v) is 11.0. The highest BCUT2D eigenvalue weighted by Crippen LogP contribution is 2.50. The molecule has 0 fully saturated rings. The van der Waals surface area contributed by atoms with Crippen molar-refractivity contribution in [2.45, 2.75) is 26.5 Å². The van der Waals surface area contributed by atoms with Gasteiger partial charge in [-0.15, -0.1) is 35.8 Å². The van der Waals surface area contributed by atoms with Gasteiger partial charge in [-0.2, -0.15) is 21.9 Å². The fourth-order valence-corrected chi connectivity index (χ4v) is 7.23. The number of rotatable bonds is 15. The Morgan fingerprint density at radius 1 is 0.651 bits per heavy atom. The third kappa shape index (κ3) is 11.2. The number of carbonyl (C=O) groups excluding carboxylic acids is 1. The largest absolute Gasteiger partial charge is 0.768 e. The fourth-order valence-electron chi connectivity index (χ4n) is 5.13.